The van der Waals surface area contributed by atoms with Gasteiger partial charge in [-0.15, -0.1) is 11.3 Å². The monoisotopic (exact) mass is 404 g/mol. The van der Waals surface area contributed by atoms with E-state index in [-0.39, 0.29) is 22.6 Å². The lowest BCUT2D eigenvalue weighted by molar-refractivity contribution is 0.544. The van der Waals surface area contributed by atoms with Crippen molar-refractivity contribution in [3.8, 4) is 17.3 Å². The van der Waals surface area contributed by atoms with Gasteiger partial charge in [-0.05, 0) is 60.9 Å². The number of aryl methyl sites for hydroxylation is 2. The summed E-state index contributed by atoms with van der Waals surface area (Å²) < 4.78 is 66.7. The van der Waals surface area contributed by atoms with Gasteiger partial charge >= 0.3 is 0 Å². The third kappa shape index (κ3) is 3.22. The van der Waals surface area contributed by atoms with E-state index < -0.39 is 20.1 Å². The number of hydrogen-bond acceptors (Lipinski definition) is 3. The molecule has 0 bridgehead atoms. The van der Waals surface area contributed by atoms with Gasteiger partial charge < -0.3 is 0 Å². The largest absolute Gasteiger partial charge is 0.256 e. The number of fused-ring (bicyclic) bond motifs is 3. The average molecular weight is 405 g/mol. The van der Waals surface area contributed by atoms with Crippen molar-refractivity contribution >= 4 is 31.5 Å². The molecule has 0 amide bonds. The van der Waals surface area contributed by atoms with Gasteiger partial charge in [0.05, 0.1) is 17.3 Å². The molecular formula is C26H24N2S. The van der Waals surface area contributed by atoms with Gasteiger partial charge in [-0.3, -0.25) is 4.98 Å². The van der Waals surface area contributed by atoms with Gasteiger partial charge in [0.1, 0.15) is 0 Å². The number of rotatable bonds is 3. The highest BCUT2D eigenvalue weighted by atomic mass is 32.1. The van der Waals surface area contributed by atoms with Crippen LogP contribution in [0.4, 0.5) is 0 Å². The number of aromatic nitrogens is 1. The lowest BCUT2D eigenvalue weighted by Crippen LogP contribution is -2.02. The summed E-state index contributed by atoms with van der Waals surface area (Å²) in [7, 11) is 0. The summed E-state index contributed by atoms with van der Waals surface area (Å²) in [4.78, 5) is 4.54. The Labute approximate surface area is 187 Å². The second-order valence-electron chi connectivity index (χ2n) is 7.53. The van der Waals surface area contributed by atoms with Crippen LogP contribution < -0.4 is 0 Å². The molecule has 4 aromatic rings. The van der Waals surface area contributed by atoms with E-state index in [1.807, 2.05) is 0 Å². The molecule has 0 atom stereocenters. The molecule has 3 heteroatoms. The first-order chi connectivity index (χ1) is 17.3. The van der Waals surface area contributed by atoms with Gasteiger partial charge in [0.15, 0.2) is 0 Å². The van der Waals surface area contributed by atoms with Crippen LogP contribution in [0.2, 0.25) is 0 Å². The molecule has 29 heavy (non-hydrogen) atoms. The molecule has 144 valence electrons. The molecule has 2 aromatic heterocycles. The summed E-state index contributed by atoms with van der Waals surface area (Å²) in [5.41, 5.74) is 1.66. The first kappa shape index (κ1) is 11.5. The molecule has 0 radical (unpaired) electrons. The summed E-state index contributed by atoms with van der Waals surface area (Å²) in [6.07, 6.45) is 2.83. The maximum Gasteiger partial charge on any atom is 0.0998 e. The van der Waals surface area contributed by atoms with E-state index >= 15 is 0 Å². The average Bonchev–Trinajstić information content (AvgIpc) is 3.50. The molecule has 2 aromatic carbocycles. The topological polar surface area (TPSA) is 36.7 Å². The highest BCUT2D eigenvalue weighted by Gasteiger charge is 2.18. The van der Waals surface area contributed by atoms with Crippen molar-refractivity contribution in [2.75, 3.05) is 0 Å². The molecule has 0 unspecified atom stereocenters. The summed E-state index contributed by atoms with van der Waals surface area (Å²) in [5.74, 6) is -0.252. The third-order valence-electron chi connectivity index (χ3n) is 5.64. The third-order valence-corrected chi connectivity index (χ3v) is 6.82. The van der Waals surface area contributed by atoms with Crippen LogP contribution in [0.5, 0.6) is 0 Å². The van der Waals surface area contributed by atoms with Gasteiger partial charge in [-0.2, -0.15) is 5.26 Å². The van der Waals surface area contributed by atoms with Crippen molar-refractivity contribution in [3.05, 3.63) is 64.8 Å². The molecule has 1 aliphatic rings. The number of pyridine rings is 1. The Balaban J connectivity index is 1.73. The molecule has 0 spiro atoms. The normalized spacial score (nSPS) is 20.1. The molecule has 2 heterocycles. The summed E-state index contributed by atoms with van der Waals surface area (Å²) in [6, 6.07) is 11.9. The Hall–Kier alpha value is -2.70. The smallest absolute Gasteiger partial charge is 0.0998 e. The predicted molar refractivity (Wildman–Crippen MR) is 122 cm³/mol. The maximum absolute atomic E-state index is 9.77. The van der Waals surface area contributed by atoms with Crippen LogP contribution in [0.1, 0.15) is 58.9 Å². The Morgan fingerprint density at radius 1 is 1.21 bits per heavy atom. The molecule has 1 aliphatic carbocycles. The first-order valence-electron chi connectivity index (χ1n) is 13.7. The van der Waals surface area contributed by atoms with E-state index in [9.17, 15) is 5.26 Å². The molecule has 0 aliphatic heterocycles. The molecule has 1 saturated carbocycles. The van der Waals surface area contributed by atoms with E-state index in [4.69, 9.17) is 11.0 Å². The lowest BCUT2D eigenvalue weighted by Gasteiger charge is -2.13. The van der Waals surface area contributed by atoms with Crippen LogP contribution in [-0.2, 0) is 6.37 Å². The van der Waals surface area contributed by atoms with Gasteiger partial charge in [0, 0.05) is 42.9 Å². The van der Waals surface area contributed by atoms with Crippen molar-refractivity contribution in [2.24, 2.45) is 5.92 Å². The molecule has 5 rings (SSSR count). The molecule has 2 nitrogen and oxygen atoms in total. The van der Waals surface area contributed by atoms with Crippen LogP contribution >= 0.6 is 11.3 Å². The number of thiophene rings is 1. The minimum absolute atomic E-state index is 0.0577. The van der Waals surface area contributed by atoms with E-state index in [2.05, 4.69) is 11.1 Å². The standard InChI is InChI=1S/C26H24N2S/c1-16-7-9-22-24(11-16)29-26-21(10-8-19(14-27)25(22)26)23-12-17(2)20(15-28-23)13-18-5-3-4-6-18/h7-12,15,18H,3-6,13H2,1-2H3/i1D3,2D3,13D2. The quantitative estimate of drug-likeness (QED) is 0.358. The van der Waals surface area contributed by atoms with Crippen LogP contribution in [0.15, 0.2) is 42.6 Å². The second-order valence-corrected chi connectivity index (χ2v) is 8.58. The summed E-state index contributed by atoms with van der Waals surface area (Å²) >= 11 is 1.33. The fourth-order valence-corrected chi connectivity index (χ4v) is 5.47. The van der Waals surface area contributed by atoms with Crippen molar-refractivity contribution in [2.45, 2.75) is 45.8 Å². The van der Waals surface area contributed by atoms with Crippen LogP contribution in [0.3, 0.4) is 0 Å². The van der Waals surface area contributed by atoms with Crippen LogP contribution in [-0.4, -0.2) is 4.98 Å². The molecular weight excluding hydrogens is 372 g/mol. The Morgan fingerprint density at radius 3 is 2.90 bits per heavy atom. The van der Waals surface area contributed by atoms with E-state index in [1.165, 1.54) is 23.6 Å². The Morgan fingerprint density at radius 2 is 2.10 bits per heavy atom. The van der Waals surface area contributed by atoms with E-state index in [1.54, 1.807) is 30.3 Å². The zero-order chi connectivity index (χ0) is 26.8. The lowest BCUT2D eigenvalue weighted by atomic mass is 9.95. The zero-order valence-electron chi connectivity index (χ0n) is 23.7. The Bertz CT molecular complexity index is 1550. The molecule has 0 N–H and O–H groups in total. The van der Waals surface area contributed by atoms with Crippen LogP contribution in [0.25, 0.3) is 31.4 Å². The van der Waals surface area contributed by atoms with E-state index in [0.29, 0.717) is 44.4 Å². The highest BCUT2D eigenvalue weighted by molar-refractivity contribution is 7.26. The highest BCUT2D eigenvalue weighted by Crippen LogP contribution is 2.41. The van der Waals surface area contributed by atoms with Gasteiger partial charge in [-0.1, -0.05) is 43.9 Å². The van der Waals surface area contributed by atoms with Crippen molar-refractivity contribution in [1.82, 2.24) is 4.98 Å². The first-order valence-corrected chi connectivity index (χ1v) is 10.6. The Kier molecular flexibility index (Phi) is 2.88. The van der Waals surface area contributed by atoms with E-state index in [0.717, 1.165) is 18.2 Å². The van der Waals surface area contributed by atoms with Gasteiger partial charge in [0.2, 0.25) is 0 Å². The van der Waals surface area contributed by atoms with Gasteiger partial charge in [-0.25, -0.2) is 0 Å². The number of benzene rings is 2. The second kappa shape index (κ2) is 7.28. The minimum Gasteiger partial charge on any atom is -0.256 e. The van der Waals surface area contributed by atoms with Crippen molar-refractivity contribution < 1.29 is 11.0 Å². The minimum atomic E-state index is -2.54. The van der Waals surface area contributed by atoms with Crippen molar-refractivity contribution in [1.29, 1.82) is 5.26 Å². The fourth-order valence-electron chi connectivity index (χ4n) is 4.18. The number of hydrogen-bond donors (Lipinski definition) is 0. The van der Waals surface area contributed by atoms with Gasteiger partial charge in [0.25, 0.3) is 0 Å². The zero-order valence-corrected chi connectivity index (χ0v) is 16.6. The fraction of sp³-hybridized carbons (Fsp3) is 0.308. The summed E-state index contributed by atoms with van der Waals surface area (Å²) in [6.45, 7) is -4.81. The molecule has 0 saturated heterocycles. The SMILES string of the molecule is [2H]C([2H])([2H])c1ccc2c(c1)sc1c(-c3cc(C([2H])([2H])[2H])c(C([2H])([2H])C4CCCC4)cn3)ccc(C#N)c12. The number of nitriles is 1. The molecule has 1 fully saturated rings. The van der Waals surface area contributed by atoms with Crippen molar-refractivity contribution in [3.63, 3.8) is 0 Å². The number of nitrogens with zero attached hydrogens (tertiary/aromatic N) is 2. The van der Waals surface area contributed by atoms with Crippen LogP contribution in [0, 0.1) is 31.0 Å². The summed E-state index contributed by atoms with van der Waals surface area (Å²) in [5, 5.41) is 11.2. The maximum atomic E-state index is 9.77. The predicted octanol–water partition coefficient (Wildman–Crippen LogP) is 7.34.